The Labute approximate surface area is 166 Å². The number of amides is 2. The van der Waals surface area contributed by atoms with Crippen LogP contribution in [0.4, 0.5) is 0 Å². The van der Waals surface area contributed by atoms with Gasteiger partial charge in [-0.1, -0.05) is 32.4 Å². The molecule has 0 aromatic heterocycles. The van der Waals surface area contributed by atoms with Crippen molar-refractivity contribution in [3.05, 3.63) is 34.9 Å². The van der Waals surface area contributed by atoms with Gasteiger partial charge < -0.3 is 15.4 Å². The highest BCUT2D eigenvalue weighted by Gasteiger charge is 2.25. The summed E-state index contributed by atoms with van der Waals surface area (Å²) in [7, 11) is 0. The van der Waals surface area contributed by atoms with Crippen molar-refractivity contribution in [2.45, 2.75) is 59.0 Å². The molecule has 150 valence electrons. The Morgan fingerprint density at radius 3 is 2.26 bits per heavy atom. The summed E-state index contributed by atoms with van der Waals surface area (Å²) in [4.78, 5) is 36.7. The molecule has 0 saturated carbocycles. The molecule has 1 rings (SSSR count). The zero-order valence-electron chi connectivity index (χ0n) is 16.6. The monoisotopic (exact) mass is 396 g/mol. The molecule has 0 spiro atoms. The molecule has 0 bridgehead atoms. The van der Waals surface area contributed by atoms with E-state index >= 15 is 0 Å². The summed E-state index contributed by atoms with van der Waals surface area (Å²) in [6.07, 6.45) is 1.15. The van der Waals surface area contributed by atoms with Gasteiger partial charge in [-0.05, 0) is 56.9 Å². The predicted molar refractivity (Wildman–Crippen MR) is 106 cm³/mol. The number of ether oxygens (including phenoxy) is 1. The second kappa shape index (κ2) is 10.3. The molecule has 27 heavy (non-hydrogen) atoms. The quantitative estimate of drug-likeness (QED) is 0.627. The number of halogens is 1. The number of benzene rings is 1. The number of esters is 1. The molecule has 7 heteroatoms. The minimum Gasteiger partial charge on any atom is -0.454 e. The van der Waals surface area contributed by atoms with Crippen LogP contribution in [0.25, 0.3) is 0 Å². The Morgan fingerprint density at radius 2 is 1.74 bits per heavy atom. The summed E-state index contributed by atoms with van der Waals surface area (Å²) in [6, 6.07) is 5.53. The molecule has 1 atom stereocenters. The van der Waals surface area contributed by atoms with Crippen LogP contribution in [0.1, 0.15) is 57.8 Å². The largest absolute Gasteiger partial charge is 0.454 e. The maximum atomic E-state index is 12.4. The van der Waals surface area contributed by atoms with Crippen molar-refractivity contribution in [3.8, 4) is 0 Å². The van der Waals surface area contributed by atoms with Gasteiger partial charge in [0.2, 0.25) is 0 Å². The highest BCUT2D eigenvalue weighted by molar-refractivity contribution is 6.30. The zero-order valence-corrected chi connectivity index (χ0v) is 17.4. The van der Waals surface area contributed by atoms with Gasteiger partial charge in [0, 0.05) is 16.1 Å². The first-order valence-electron chi connectivity index (χ1n) is 9.08. The van der Waals surface area contributed by atoms with Crippen molar-refractivity contribution < 1.29 is 19.1 Å². The maximum Gasteiger partial charge on any atom is 0.329 e. The van der Waals surface area contributed by atoms with E-state index in [1.807, 2.05) is 34.6 Å². The number of hydrogen-bond acceptors (Lipinski definition) is 4. The lowest BCUT2D eigenvalue weighted by molar-refractivity contribution is -0.151. The molecule has 6 nitrogen and oxygen atoms in total. The Balaban J connectivity index is 2.69. The lowest BCUT2D eigenvalue weighted by Gasteiger charge is -2.24. The van der Waals surface area contributed by atoms with Gasteiger partial charge in [-0.3, -0.25) is 9.59 Å². The van der Waals surface area contributed by atoms with Crippen molar-refractivity contribution in [2.24, 2.45) is 5.92 Å². The van der Waals surface area contributed by atoms with E-state index in [2.05, 4.69) is 10.6 Å². The Morgan fingerprint density at radius 1 is 1.15 bits per heavy atom. The van der Waals surface area contributed by atoms with Crippen LogP contribution in [-0.2, 0) is 14.3 Å². The standard InChI is InChI=1S/C20H29ClN2O4/c1-6-20(4,5)23-17(24)12-27-19(26)16(11-13(2)3)22-18(25)14-7-9-15(21)10-8-14/h7-10,13,16H,6,11-12H2,1-5H3,(H,22,25)(H,23,24). The van der Waals surface area contributed by atoms with Crippen molar-refractivity contribution >= 4 is 29.4 Å². The van der Waals surface area contributed by atoms with Gasteiger partial charge in [0.15, 0.2) is 6.61 Å². The third-order valence-electron chi connectivity index (χ3n) is 4.11. The Kier molecular flexibility index (Phi) is 8.76. The summed E-state index contributed by atoms with van der Waals surface area (Å²) in [5.41, 5.74) is 0.0206. The van der Waals surface area contributed by atoms with Gasteiger partial charge in [0.25, 0.3) is 11.8 Å². The third kappa shape index (κ3) is 8.43. The summed E-state index contributed by atoms with van der Waals surface area (Å²) < 4.78 is 5.13. The smallest absolute Gasteiger partial charge is 0.329 e. The molecule has 0 aliphatic carbocycles. The second-order valence-corrected chi connectivity index (χ2v) is 7.99. The van der Waals surface area contributed by atoms with Gasteiger partial charge >= 0.3 is 5.97 Å². The van der Waals surface area contributed by atoms with E-state index in [1.165, 1.54) is 0 Å². The molecule has 0 saturated heterocycles. The number of nitrogens with one attached hydrogen (secondary N) is 2. The van der Waals surface area contributed by atoms with Crippen LogP contribution in [0, 0.1) is 5.92 Å². The van der Waals surface area contributed by atoms with Crippen molar-refractivity contribution in [1.29, 1.82) is 0 Å². The lowest BCUT2D eigenvalue weighted by Crippen LogP contribution is -2.46. The third-order valence-corrected chi connectivity index (χ3v) is 4.36. The molecule has 2 N–H and O–H groups in total. The van der Waals surface area contributed by atoms with E-state index in [4.69, 9.17) is 16.3 Å². The molecule has 1 aromatic rings. The molecule has 1 aromatic carbocycles. The first kappa shape index (κ1) is 23.0. The van der Waals surface area contributed by atoms with E-state index in [9.17, 15) is 14.4 Å². The second-order valence-electron chi connectivity index (χ2n) is 7.56. The summed E-state index contributed by atoms with van der Waals surface area (Å²) in [6.45, 7) is 9.22. The van der Waals surface area contributed by atoms with Crippen LogP contribution in [0.2, 0.25) is 5.02 Å². The van der Waals surface area contributed by atoms with Gasteiger partial charge in [-0.2, -0.15) is 0 Å². The van der Waals surface area contributed by atoms with Gasteiger partial charge in [0.1, 0.15) is 6.04 Å². The van der Waals surface area contributed by atoms with Crippen molar-refractivity contribution in [3.63, 3.8) is 0 Å². The Hall–Kier alpha value is -2.08. The number of carbonyl (C=O) groups excluding carboxylic acids is 3. The topological polar surface area (TPSA) is 84.5 Å². The van der Waals surface area contributed by atoms with E-state index in [0.717, 1.165) is 6.42 Å². The molecule has 0 aliphatic heterocycles. The fourth-order valence-corrected chi connectivity index (χ4v) is 2.39. The van der Waals surface area contributed by atoms with Gasteiger partial charge in [-0.15, -0.1) is 0 Å². The summed E-state index contributed by atoms with van der Waals surface area (Å²) >= 11 is 5.82. The first-order valence-corrected chi connectivity index (χ1v) is 9.46. The molecular formula is C20H29ClN2O4. The average Bonchev–Trinajstić information content (AvgIpc) is 2.58. The van der Waals surface area contributed by atoms with E-state index < -0.39 is 17.9 Å². The molecule has 1 unspecified atom stereocenters. The summed E-state index contributed by atoms with van der Waals surface area (Å²) in [5.74, 6) is -1.25. The molecule has 0 fully saturated rings. The van der Waals surface area contributed by atoms with E-state index in [1.54, 1.807) is 24.3 Å². The van der Waals surface area contributed by atoms with Crippen LogP contribution in [-0.4, -0.2) is 36.0 Å². The Bertz CT molecular complexity index is 656. The highest BCUT2D eigenvalue weighted by atomic mass is 35.5. The van der Waals surface area contributed by atoms with Gasteiger partial charge in [-0.25, -0.2) is 4.79 Å². The van der Waals surface area contributed by atoms with E-state index in [-0.39, 0.29) is 24.0 Å². The lowest BCUT2D eigenvalue weighted by atomic mass is 10.0. The van der Waals surface area contributed by atoms with Crippen LogP contribution in [0.5, 0.6) is 0 Å². The van der Waals surface area contributed by atoms with Crippen molar-refractivity contribution in [2.75, 3.05) is 6.61 Å². The van der Waals surface area contributed by atoms with Crippen LogP contribution >= 0.6 is 11.6 Å². The minimum atomic E-state index is -0.833. The van der Waals surface area contributed by atoms with Crippen LogP contribution in [0.15, 0.2) is 24.3 Å². The van der Waals surface area contributed by atoms with Crippen molar-refractivity contribution in [1.82, 2.24) is 10.6 Å². The average molecular weight is 397 g/mol. The molecule has 0 aliphatic rings. The number of carbonyl (C=O) groups is 3. The van der Waals surface area contributed by atoms with Crippen LogP contribution < -0.4 is 10.6 Å². The summed E-state index contributed by atoms with van der Waals surface area (Å²) in [5, 5.41) is 5.99. The molecular weight excluding hydrogens is 368 g/mol. The fourth-order valence-electron chi connectivity index (χ4n) is 2.27. The molecule has 0 radical (unpaired) electrons. The minimum absolute atomic E-state index is 0.154. The zero-order chi connectivity index (χ0) is 20.6. The molecule has 2 amide bonds. The fraction of sp³-hybridized carbons (Fsp3) is 0.550. The SMILES string of the molecule is CCC(C)(C)NC(=O)COC(=O)C(CC(C)C)NC(=O)c1ccc(Cl)cc1. The molecule has 0 heterocycles. The van der Waals surface area contributed by atoms with Crippen LogP contribution in [0.3, 0.4) is 0 Å². The first-order chi connectivity index (χ1) is 12.5. The van der Waals surface area contributed by atoms with E-state index in [0.29, 0.717) is 17.0 Å². The highest BCUT2D eigenvalue weighted by Crippen LogP contribution is 2.12. The number of rotatable bonds is 9. The number of hydrogen-bond donors (Lipinski definition) is 2. The predicted octanol–water partition coefficient (Wildman–Crippen LogP) is 3.33. The van der Waals surface area contributed by atoms with Gasteiger partial charge in [0.05, 0.1) is 0 Å². The normalized spacial score (nSPS) is 12.4. The maximum absolute atomic E-state index is 12.4.